The normalized spacial score (nSPS) is 28.5. The van der Waals surface area contributed by atoms with Crippen molar-refractivity contribution in [1.82, 2.24) is 0 Å². The van der Waals surface area contributed by atoms with Gasteiger partial charge in [-0.05, 0) is 29.9 Å². The van der Waals surface area contributed by atoms with Gasteiger partial charge in [0, 0.05) is 5.69 Å². The number of hydrogen-bond acceptors (Lipinski definition) is 1. The molecule has 0 spiro atoms. The molecule has 0 aliphatic heterocycles. The number of rotatable bonds is 1. The monoisotopic (exact) mass is 147 g/mol. The summed E-state index contributed by atoms with van der Waals surface area (Å²) in [6.45, 7) is 2.27. The van der Waals surface area contributed by atoms with Gasteiger partial charge in [-0.25, -0.2) is 0 Å². The van der Waals surface area contributed by atoms with Crippen LogP contribution in [0.1, 0.15) is 24.8 Å². The van der Waals surface area contributed by atoms with E-state index in [1.54, 1.807) is 0 Å². The Morgan fingerprint density at radius 1 is 1.36 bits per heavy atom. The largest absolute Gasteiger partial charge is 0.398 e. The molecule has 58 valence electrons. The summed E-state index contributed by atoms with van der Waals surface area (Å²) in [5, 5.41) is 0. The molecule has 1 nitrogen and oxygen atoms in total. The van der Waals surface area contributed by atoms with Gasteiger partial charge in [-0.2, -0.15) is 0 Å². The summed E-state index contributed by atoms with van der Waals surface area (Å²) in [5.41, 5.74) is 8.13. The van der Waals surface area contributed by atoms with Gasteiger partial charge in [0.1, 0.15) is 0 Å². The van der Waals surface area contributed by atoms with E-state index in [4.69, 9.17) is 5.73 Å². The summed E-state index contributed by atoms with van der Waals surface area (Å²) in [5.74, 6) is 1.59. The third kappa shape index (κ3) is 1.11. The highest BCUT2D eigenvalue weighted by molar-refractivity contribution is 5.50. The third-order valence-electron chi connectivity index (χ3n) is 2.50. The van der Waals surface area contributed by atoms with Crippen LogP contribution in [-0.4, -0.2) is 0 Å². The van der Waals surface area contributed by atoms with Crippen molar-refractivity contribution in [2.45, 2.75) is 19.3 Å². The van der Waals surface area contributed by atoms with Crippen LogP contribution >= 0.6 is 0 Å². The molecule has 1 saturated carbocycles. The minimum absolute atomic E-state index is 0.746. The fourth-order valence-corrected chi connectivity index (χ4v) is 1.60. The number of benzene rings is 1. The Morgan fingerprint density at radius 3 is 2.55 bits per heavy atom. The van der Waals surface area contributed by atoms with Gasteiger partial charge in [0.05, 0.1) is 0 Å². The summed E-state index contributed by atoms with van der Waals surface area (Å²) in [6.07, 6.45) is 1.31. The lowest BCUT2D eigenvalue weighted by molar-refractivity contribution is 0.916. The van der Waals surface area contributed by atoms with Crippen LogP contribution in [0, 0.1) is 5.92 Å². The summed E-state index contributed by atoms with van der Waals surface area (Å²) >= 11 is 0. The summed E-state index contributed by atoms with van der Waals surface area (Å²) < 4.78 is 0. The zero-order valence-corrected chi connectivity index (χ0v) is 6.75. The van der Waals surface area contributed by atoms with E-state index in [0.717, 1.165) is 17.5 Å². The molecule has 2 N–H and O–H groups in total. The molecule has 0 bridgehead atoms. The van der Waals surface area contributed by atoms with E-state index in [2.05, 4.69) is 19.1 Å². The minimum atomic E-state index is 0.746. The fraction of sp³-hybridized carbons (Fsp3) is 0.400. The van der Waals surface area contributed by atoms with Crippen molar-refractivity contribution in [2.24, 2.45) is 5.92 Å². The van der Waals surface area contributed by atoms with E-state index in [1.165, 1.54) is 12.0 Å². The van der Waals surface area contributed by atoms with Crippen molar-refractivity contribution < 1.29 is 0 Å². The second-order valence-corrected chi connectivity index (χ2v) is 3.45. The van der Waals surface area contributed by atoms with Gasteiger partial charge in [-0.15, -0.1) is 0 Å². The SMILES string of the molecule is C[C@H]1C[C@H]1c1ccccc1N. The van der Waals surface area contributed by atoms with Gasteiger partial charge in [-0.3, -0.25) is 0 Å². The Morgan fingerprint density at radius 2 is 2.00 bits per heavy atom. The average molecular weight is 147 g/mol. The first-order valence-electron chi connectivity index (χ1n) is 4.13. The second-order valence-electron chi connectivity index (χ2n) is 3.45. The lowest BCUT2D eigenvalue weighted by Gasteiger charge is -2.01. The Bertz CT molecular complexity index is 267. The molecule has 1 aliphatic rings. The van der Waals surface area contributed by atoms with Crippen molar-refractivity contribution in [3.63, 3.8) is 0 Å². The lowest BCUT2D eigenvalue weighted by atomic mass is 10.1. The van der Waals surface area contributed by atoms with Crippen LogP contribution in [0.15, 0.2) is 24.3 Å². The van der Waals surface area contributed by atoms with Crippen LogP contribution in [0.5, 0.6) is 0 Å². The van der Waals surface area contributed by atoms with Crippen molar-refractivity contribution in [3.8, 4) is 0 Å². The minimum Gasteiger partial charge on any atom is -0.398 e. The molecule has 1 aromatic carbocycles. The smallest absolute Gasteiger partial charge is 0.0349 e. The van der Waals surface area contributed by atoms with E-state index in [9.17, 15) is 0 Å². The molecule has 0 unspecified atom stereocenters. The van der Waals surface area contributed by atoms with E-state index >= 15 is 0 Å². The number of nitrogens with two attached hydrogens (primary N) is 1. The molecular weight excluding hydrogens is 134 g/mol. The lowest BCUT2D eigenvalue weighted by Crippen LogP contribution is -1.91. The molecule has 0 radical (unpaired) electrons. The van der Waals surface area contributed by atoms with E-state index in [-0.39, 0.29) is 0 Å². The molecule has 0 aromatic heterocycles. The van der Waals surface area contributed by atoms with Crippen LogP contribution in [0.2, 0.25) is 0 Å². The molecule has 2 rings (SSSR count). The molecule has 1 heteroatoms. The molecular formula is C10H13N. The Balaban J connectivity index is 2.31. The predicted molar refractivity (Wildman–Crippen MR) is 47.4 cm³/mol. The van der Waals surface area contributed by atoms with Gasteiger partial charge in [0.2, 0.25) is 0 Å². The highest BCUT2D eigenvalue weighted by atomic mass is 14.6. The topological polar surface area (TPSA) is 26.0 Å². The van der Waals surface area contributed by atoms with Gasteiger partial charge < -0.3 is 5.73 Å². The van der Waals surface area contributed by atoms with Crippen molar-refractivity contribution in [2.75, 3.05) is 5.73 Å². The molecule has 1 fully saturated rings. The molecule has 1 aromatic rings. The van der Waals surface area contributed by atoms with Crippen LogP contribution in [0.3, 0.4) is 0 Å². The average Bonchev–Trinajstić information content (AvgIpc) is 2.68. The van der Waals surface area contributed by atoms with Crippen molar-refractivity contribution in [3.05, 3.63) is 29.8 Å². The first-order valence-corrected chi connectivity index (χ1v) is 4.13. The quantitative estimate of drug-likeness (QED) is 0.606. The van der Waals surface area contributed by atoms with Gasteiger partial charge in [0.15, 0.2) is 0 Å². The van der Waals surface area contributed by atoms with Crippen LogP contribution in [-0.2, 0) is 0 Å². The maximum absolute atomic E-state index is 5.82. The molecule has 11 heavy (non-hydrogen) atoms. The maximum atomic E-state index is 5.82. The first-order chi connectivity index (χ1) is 5.29. The zero-order valence-electron chi connectivity index (χ0n) is 6.75. The van der Waals surface area contributed by atoms with Crippen LogP contribution in [0.4, 0.5) is 5.69 Å². The van der Waals surface area contributed by atoms with Crippen molar-refractivity contribution in [1.29, 1.82) is 0 Å². The van der Waals surface area contributed by atoms with Crippen molar-refractivity contribution >= 4 is 5.69 Å². The zero-order chi connectivity index (χ0) is 7.84. The standard InChI is InChI=1S/C10H13N/c1-7-6-9(7)8-4-2-3-5-10(8)11/h2-5,7,9H,6,11H2,1H3/t7-,9+/m0/s1. The molecule has 2 atom stereocenters. The highest BCUT2D eigenvalue weighted by Gasteiger charge is 2.34. The second kappa shape index (κ2) is 2.26. The Labute approximate surface area is 67.2 Å². The van der Waals surface area contributed by atoms with E-state index < -0.39 is 0 Å². The Kier molecular flexibility index (Phi) is 1.38. The number of nitrogen functional groups attached to an aromatic ring is 1. The summed E-state index contributed by atoms with van der Waals surface area (Å²) in [7, 11) is 0. The number of hydrogen-bond donors (Lipinski definition) is 1. The Hall–Kier alpha value is -0.980. The fourth-order valence-electron chi connectivity index (χ4n) is 1.60. The van der Waals surface area contributed by atoms with Gasteiger partial charge in [-0.1, -0.05) is 25.1 Å². The molecule has 1 aliphatic carbocycles. The first kappa shape index (κ1) is 6.71. The highest BCUT2D eigenvalue weighted by Crippen LogP contribution is 2.48. The number of para-hydroxylation sites is 1. The van der Waals surface area contributed by atoms with Crippen LogP contribution in [0.25, 0.3) is 0 Å². The predicted octanol–water partition coefficient (Wildman–Crippen LogP) is 2.39. The van der Waals surface area contributed by atoms with E-state index in [0.29, 0.717) is 0 Å². The third-order valence-corrected chi connectivity index (χ3v) is 2.50. The maximum Gasteiger partial charge on any atom is 0.0349 e. The van der Waals surface area contributed by atoms with E-state index in [1.807, 2.05) is 12.1 Å². The number of anilines is 1. The van der Waals surface area contributed by atoms with Gasteiger partial charge >= 0.3 is 0 Å². The molecule has 0 saturated heterocycles. The molecule has 0 heterocycles. The van der Waals surface area contributed by atoms with Crippen LogP contribution < -0.4 is 5.73 Å². The van der Waals surface area contributed by atoms with Gasteiger partial charge in [0.25, 0.3) is 0 Å². The summed E-state index contributed by atoms with van der Waals surface area (Å²) in [4.78, 5) is 0. The summed E-state index contributed by atoms with van der Waals surface area (Å²) in [6, 6.07) is 8.19. The molecule has 0 amide bonds.